The fourth-order valence-corrected chi connectivity index (χ4v) is 2.20. The van der Waals surface area contributed by atoms with Gasteiger partial charge in [0.2, 0.25) is 0 Å². The topological polar surface area (TPSA) is 54.7 Å². The third-order valence-corrected chi connectivity index (χ3v) is 3.21. The van der Waals surface area contributed by atoms with E-state index in [-0.39, 0.29) is 5.82 Å². The molecule has 90 valence electrons. The molecule has 0 unspecified atom stereocenters. The molecule has 0 saturated carbocycles. The molecule has 5 heteroatoms. The number of aromatic nitrogens is 2. The van der Waals surface area contributed by atoms with Crippen molar-refractivity contribution in [3.8, 4) is 11.4 Å². The van der Waals surface area contributed by atoms with Crippen molar-refractivity contribution in [3.63, 3.8) is 0 Å². The molecule has 0 spiro atoms. The lowest BCUT2D eigenvalue weighted by molar-refractivity contribution is 0.629. The quantitative estimate of drug-likeness (QED) is 0.673. The van der Waals surface area contributed by atoms with Gasteiger partial charge in [-0.3, -0.25) is 0 Å². The van der Waals surface area contributed by atoms with Crippen molar-refractivity contribution in [2.75, 3.05) is 5.73 Å². The number of H-pyrrole nitrogens is 1. The zero-order valence-electron chi connectivity index (χ0n) is 9.24. The number of anilines is 1. The maximum atomic E-state index is 13.1. The predicted octanol–water partition coefficient (Wildman–Crippen LogP) is 3.71. The second-order valence-corrected chi connectivity index (χ2v) is 4.89. The monoisotopic (exact) mass is 305 g/mol. The summed E-state index contributed by atoms with van der Waals surface area (Å²) < 4.78 is 14.0. The van der Waals surface area contributed by atoms with Crippen LogP contribution in [0.15, 0.2) is 40.9 Å². The van der Waals surface area contributed by atoms with Gasteiger partial charge in [0.1, 0.15) is 11.6 Å². The van der Waals surface area contributed by atoms with Crippen LogP contribution in [0.5, 0.6) is 0 Å². The Hall–Kier alpha value is -1.88. The van der Waals surface area contributed by atoms with Crippen LogP contribution in [-0.2, 0) is 0 Å². The lowest BCUT2D eigenvalue weighted by atomic mass is 10.2. The number of nitrogens with one attached hydrogen (secondary N) is 1. The summed E-state index contributed by atoms with van der Waals surface area (Å²) in [4.78, 5) is 7.47. The number of aromatic amines is 1. The van der Waals surface area contributed by atoms with Crippen molar-refractivity contribution < 1.29 is 4.39 Å². The van der Waals surface area contributed by atoms with Gasteiger partial charge in [-0.1, -0.05) is 15.9 Å². The van der Waals surface area contributed by atoms with Crippen LogP contribution in [0.2, 0.25) is 0 Å². The Bertz CT molecular complexity index is 736. The number of nitrogen functional groups attached to an aromatic ring is 1. The maximum Gasteiger partial charge on any atom is 0.140 e. The smallest absolute Gasteiger partial charge is 0.140 e. The highest BCUT2D eigenvalue weighted by Crippen LogP contribution is 2.28. The first kappa shape index (κ1) is 11.2. The lowest BCUT2D eigenvalue weighted by Crippen LogP contribution is -1.91. The number of halogens is 2. The Kier molecular flexibility index (Phi) is 2.56. The Balaban J connectivity index is 2.22. The van der Waals surface area contributed by atoms with Crippen LogP contribution in [0, 0.1) is 5.82 Å². The predicted molar refractivity (Wildman–Crippen MR) is 73.6 cm³/mol. The maximum absolute atomic E-state index is 13.1. The summed E-state index contributed by atoms with van der Waals surface area (Å²) in [5.41, 5.74) is 8.70. The Morgan fingerprint density at radius 3 is 2.83 bits per heavy atom. The summed E-state index contributed by atoms with van der Waals surface area (Å²) in [5, 5.41) is 0. The average molecular weight is 306 g/mol. The summed E-state index contributed by atoms with van der Waals surface area (Å²) in [6, 6.07) is 9.98. The largest absolute Gasteiger partial charge is 0.398 e. The van der Waals surface area contributed by atoms with Gasteiger partial charge in [-0.05, 0) is 36.4 Å². The summed E-state index contributed by atoms with van der Waals surface area (Å²) in [5.74, 6) is 0.342. The van der Waals surface area contributed by atoms with Gasteiger partial charge < -0.3 is 10.7 Å². The summed E-state index contributed by atoms with van der Waals surface area (Å²) in [7, 11) is 0. The molecule has 2 aromatic carbocycles. The van der Waals surface area contributed by atoms with Gasteiger partial charge in [0, 0.05) is 15.7 Å². The van der Waals surface area contributed by atoms with Crippen LogP contribution < -0.4 is 5.73 Å². The highest BCUT2D eigenvalue weighted by molar-refractivity contribution is 9.10. The molecular formula is C13H9BrFN3. The first-order chi connectivity index (χ1) is 8.63. The molecule has 1 aromatic heterocycles. The van der Waals surface area contributed by atoms with Crippen LogP contribution in [-0.4, -0.2) is 9.97 Å². The molecule has 0 aliphatic rings. The number of fused-ring (bicyclic) bond motifs is 1. The van der Waals surface area contributed by atoms with Crippen molar-refractivity contribution in [3.05, 3.63) is 46.7 Å². The van der Waals surface area contributed by atoms with Gasteiger partial charge >= 0.3 is 0 Å². The minimum Gasteiger partial charge on any atom is -0.398 e. The molecule has 0 radical (unpaired) electrons. The van der Waals surface area contributed by atoms with E-state index < -0.39 is 0 Å². The lowest BCUT2D eigenvalue weighted by Gasteiger charge is -2.02. The molecule has 0 fully saturated rings. The molecular weight excluding hydrogens is 297 g/mol. The number of nitrogens with two attached hydrogens (primary N) is 1. The first-order valence-electron chi connectivity index (χ1n) is 5.34. The number of nitrogens with zero attached hydrogens (tertiary/aromatic N) is 1. The summed E-state index contributed by atoms with van der Waals surface area (Å²) in [6.45, 7) is 0. The number of hydrogen-bond acceptors (Lipinski definition) is 2. The second-order valence-electron chi connectivity index (χ2n) is 3.98. The number of benzene rings is 2. The van der Waals surface area contributed by atoms with E-state index in [1.165, 1.54) is 12.1 Å². The van der Waals surface area contributed by atoms with Crippen molar-refractivity contribution in [2.45, 2.75) is 0 Å². The summed E-state index contributed by atoms with van der Waals surface area (Å²) in [6.07, 6.45) is 0. The third-order valence-electron chi connectivity index (χ3n) is 2.71. The Morgan fingerprint density at radius 2 is 2.00 bits per heavy atom. The van der Waals surface area contributed by atoms with Gasteiger partial charge in [0.05, 0.1) is 11.0 Å². The first-order valence-corrected chi connectivity index (χ1v) is 6.13. The van der Waals surface area contributed by atoms with Crippen molar-refractivity contribution in [2.24, 2.45) is 0 Å². The van der Waals surface area contributed by atoms with Gasteiger partial charge in [-0.2, -0.15) is 0 Å². The van der Waals surface area contributed by atoms with E-state index in [4.69, 9.17) is 5.73 Å². The van der Waals surface area contributed by atoms with Gasteiger partial charge in [0.25, 0.3) is 0 Å². The minimum atomic E-state index is -0.292. The number of rotatable bonds is 1. The Morgan fingerprint density at radius 1 is 1.17 bits per heavy atom. The van der Waals surface area contributed by atoms with Crippen molar-refractivity contribution >= 4 is 32.7 Å². The average Bonchev–Trinajstić information content (AvgIpc) is 2.74. The number of imidazole rings is 1. The van der Waals surface area contributed by atoms with E-state index in [1.807, 2.05) is 12.1 Å². The molecule has 3 N–H and O–H groups in total. The molecule has 18 heavy (non-hydrogen) atoms. The molecule has 0 saturated heterocycles. The van der Waals surface area contributed by atoms with E-state index in [1.54, 1.807) is 12.1 Å². The number of hydrogen-bond donors (Lipinski definition) is 2. The molecule has 3 aromatic rings. The molecule has 0 aliphatic carbocycles. The van der Waals surface area contributed by atoms with Gasteiger partial charge in [-0.15, -0.1) is 0 Å². The van der Waals surface area contributed by atoms with Crippen LogP contribution in [0.3, 0.4) is 0 Å². The van der Waals surface area contributed by atoms with E-state index in [9.17, 15) is 4.39 Å². The normalized spacial score (nSPS) is 11.0. The van der Waals surface area contributed by atoms with Gasteiger partial charge in [-0.25, -0.2) is 9.37 Å². The van der Waals surface area contributed by atoms with Gasteiger partial charge in [0.15, 0.2) is 0 Å². The molecule has 3 nitrogen and oxygen atoms in total. The van der Waals surface area contributed by atoms with Crippen LogP contribution in [0.4, 0.5) is 10.1 Å². The molecule has 0 amide bonds. The van der Waals surface area contributed by atoms with E-state index in [0.29, 0.717) is 22.5 Å². The van der Waals surface area contributed by atoms with E-state index in [2.05, 4.69) is 25.9 Å². The standard InChI is InChI=1S/C13H9BrFN3/c14-7-1-3-10(16)9(5-7)13-17-11-4-2-8(15)6-12(11)18-13/h1-6H,16H2,(H,17,18). The molecule has 3 rings (SSSR count). The fraction of sp³-hybridized carbons (Fsp3) is 0. The van der Waals surface area contributed by atoms with Crippen LogP contribution in [0.1, 0.15) is 0 Å². The zero-order chi connectivity index (χ0) is 12.7. The fourth-order valence-electron chi connectivity index (χ4n) is 1.84. The molecule has 0 atom stereocenters. The molecule has 0 aliphatic heterocycles. The minimum absolute atomic E-state index is 0.292. The zero-order valence-corrected chi connectivity index (χ0v) is 10.8. The highest BCUT2D eigenvalue weighted by atomic mass is 79.9. The van der Waals surface area contributed by atoms with Crippen molar-refractivity contribution in [1.29, 1.82) is 0 Å². The molecule has 1 heterocycles. The second kappa shape index (κ2) is 4.10. The third kappa shape index (κ3) is 1.86. The van der Waals surface area contributed by atoms with Crippen LogP contribution in [0.25, 0.3) is 22.4 Å². The highest BCUT2D eigenvalue weighted by Gasteiger charge is 2.09. The SMILES string of the molecule is Nc1ccc(Br)cc1-c1nc2ccc(F)cc2[nH]1. The Labute approximate surface area is 111 Å². The van der Waals surface area contributed by atoms with E-state index >= 15 is 0 Å². The van der Waals surface area contributed by atoms with E-state index in [0.717, 1.165) is 10.0 Å². The van der Waals surface area contributed by atoms with Crippen LogP contribution >= 0.6 is 15.9 Å². The summed E-state index contributed by atoms with van der Waals surface area (Å²) >= 11 is 3.39. The molecule has 0 bridgehead atoms. The van der Waals surface area contributed by atoms with Crippen molar-refractivity contribution in [1.82, 2.24) is 9.97 Å².